The van der Waals surface area contributed by atoms with Gasteiger partial charge in [-0.25, -0.2) is 9.82 Å². The van der Waals surface area contributed by atoms with Crippen LogP contribution in [0.25, 0.3) is 0 Å². The molecule has 0 spiro atoms. The second-order valence-electron chi connectivity index (χ2n) is 4.18. The summed E-state index contributed by atoms with van der Waals surface area (Å²) < 4.78 is 13.3. The molecule has 0 fully saturated rings. The highest BCUT2D eigenvalue weighted by atomic mass is 79.9. The molecule has 0 aliphatic heterocycles. The molecule has 112 valence electrons. The van der Waals surface area contributed by atoms with Gasteiger partial charge in [-0.05, 0) is 39.7 Å². The molecule has 0 unspecified atom stereocenters. The summed E-state index contributed by atoms with van der Waals surface area (Å²) in [4.78, 5) is 21.9. The molecule has 0 aromatic heterocycles. The third-order valence-corrected chi connectivity index (χ3v) is 3.25. The van der Waals surface area contributed by atoms with Crippen molar-refractivity contribution in [2.24, 2.45) is 5.10 Å². The van der Waals surface area contributed by atoms with Crippen LogP contribution in [0.1, 0.15) is 15.9 Å². The Balaban J connectivity index is 2.06. The fourth-order valence-electron chi connectivity index (χ4n) is 1.58. The number of amides is 1. The lowest BCUT2D eigenvalue weighted by Gasteiger charge is -2.00. The summed E-state index contributed by atoms with van der Waals surface area (Å²) >= 11 is 3.04. The molecule has 0 bridgehead atoms. The number of carbonyl (C=O) groups is 1. The van der Waals surface area contributed by atoms with Gasteiger partial charge >= 0.3 is 0 Å². The third kappa shape index (κ3) is 3.95. The van der Waals surface area contributed by atoms with Crippen molar-refractivity contribution in [3.05, 3.63) is 74.0 Å². The molecule has 0 atom stereocenters. The first-order valence-corrected chi connectivity index (χ1v) is 6.79. The second-order valence-corrected chi connectivity index (χ2v) is 5.03. The zero-order valence-electron chi connectivity index (χ0n) is 11.0. The lowest BCUT2D eigenvalue weighted by atomic mass is 10.2. The fourth-order valence-corrected chi connectivity index (χ4v) is 1.98. The van der Waals surface area contributed by atoms with Crippen LogP contribution in [0, 0.1) is 15.9 Å². The number of hydrogen-bond acceptors (Lipinski definition) is 4. The molecule has 0 radical (unpaired) electrons. The van der Waals surface area contributed by atoms with E-state index in [2.05, 4.69) is 26.5 Å². The van der Waals surface area contributed by atoms with Crippen LogP contribution in [0.4, 0.5) is 10.1 Å². The Hall–Kier alpha value is -2.61. The van der Waals surface area contributed by atoms with E-state index < -0.39 is 16.6 Å². The van der Waals surface area contributed by atoms with Crippen LogP contribution in [0.3, 0.4) is 0 Å². The highest BCUT2D eigenvalue weighted by Crippen LogP contribution is 2.16. The molecular weight excluding hydrogens is 357 g/mol. The summed E-state index contributed by atoms with van der Waals surface area (Å²) in [6.45, 7) is 0. The normalized spacial score (nSPS) is 10.6. The summed E-state index contributed by atoms with van der Waals surface area (Å²) in [5.74, 6) is -0.987. The van der Waals surface area contributed by atoms with Gasteiger partial charge in [-0.15, -0.1) is 0 Å². The van der Waals surface area contributed by atoms with Gasteiger partial charge in [-0.3, -0.25) is 14.9 Å². The highest BCUT2D eigenvalue weighted by molar-refractivity contribution is 9.10. The average molecular weight is 366 g/mol. The van der Waals surface area contributed by atoms with Gasteiger partial charge < -0.3 is 0 Å². The number of halogens is 2. The maximum Gasteiger partial charge on any atom is 0.271 e. The molecule has 1 N–H and O–H groups in total. The summed E-state index contributed by atoms with van der Waals surface area (Å²) in [5, 5.41) is 14.4. The third-order valence-electron chi connectivity index (χ3n) is 2.64. The Morgan fingerprint density at radius 2 is 2.09 bits per heavy atom. The molecular formula is C14H9BrFN3O3. The lowest BCUT2D eigenvalue weighted by molar-refractivity contribution is -0.384. The largest absolute Gasteiger partial charge is 0.271 e. The summed E-state index contributed by atoms with van der Waals surface area (Å²) in [7, 11) is 0. The number of hydrogen-bond donors (Lipinski definition) is 1. The predicted octanol–water partition coefficient (Wildman–Crippen LogP) is 3.26. The van der Waals surface area contributed by atoms with E-state index in [1.807, 2.05) is 0 Å². The van der Waals surface area contributed by atoms with E-state index >= 15 is 0 Å². The van der Waals surface area contributed by atoms with E-state index in [0.717, 1.165) is 6.07 Å². The van der Waals surface area contributed by atoms with Gasteiger partial charge in [0.15, 0.2) is 0 Å². The molecule has 0 saturated heterocycles. The molecule has 2 aromatic rings. The van der Waals surface area contributed by atoms with Crippen molar-refractivity contribution in [2.45, 2.75) is 0 Å². The summed E-state index contributed by atoms with van der Waals surface area (Å²) in [6, 6.07) is 9.53. The van der Waals surface area contributed by atoms with Crippen molar-refractivity contribution in [1.82, 2.24) is 5.43 Å². The summed E-state index contributed by atoms with van der Waals surface area (Å²) in [6.07, 6.45) is 1.33. The minimum Gasteiger partial charge on any atom is -0.267 e. The lowest BCUT2D eigenvalue weighted by Crippen LogP contribution is -2.17. The Labute approximate surface area is 132 Å². The molecule has 0 aliphatic rings. The Morgan fingerprint density at radius 1 is 1.32 bits per heavy atom. The van der Waals surface area contributed by atoms with Gasteiger partial charge in [0.25, 0.3) is 11.6 Å². The van der Waals surface area contributed by atoms with E-state index in [1.54, 1.807) is 0 Å². The number of hydrazone groups is 1. The molecule has 2 rings (SSSR count). The van der Waals surface area contributed by atoms with Gasteiger partial charge in [0, 0.05) is 17.7 Å². The van der Waals surface area contributed by atoms with Gasteiger partial charge in [-0.1, -0.05) is 12.1 Å². The van der Waals surface area contributed by atoms with Crippen LogP contribution in [0.5, 0.6) is 0 Å². The molecule has 2 aromatic carbocycles. The van der Waals surface area contributed by atoms with Gasteiger partial charge in [-0.2, -0.15) is 5.10 Å². The van der Waals surface area contributed by atoms with Crippen molar-refractivity contribution < 1.29 is 14.1 Å². The zero-order chi connectivity index (χ0) is 16.1. The number of rotatable bonds is 4. The SMILES string of the molecule is O=C(NN=Cc1ccc(F)c(Br)c1)c1cccc([N+](=O)[O-])c1. The minimum absolute atomic E-state index is 0.117. The topological polar surface area (TPSA) is 84.6 Å². The molecule has 0 saturated carbocycles. The van der Waals surface area contributed by atoms with E-state index in [4.69, 9.17) is 0 Å². The number of carbonyl (C=O) groups excluding carboxylic acids is 1. The molecule has 6 nitrogen and oxygen atoms in total. The van der Waals surface area contributed by atoms with Crippen molar-refractivity contribution in [1.29, 1.82) is 0 Å². The maximum absolute atomic E-state index is 13.1. The minimum atomic E-state index is -0.587. The van der Waals surface area contributed by atoms with Crippen LogP contribution < -0.4 is 5.43 Å². The predicted molar refractivity (Wildman–Crippen MR) is 82.3 cm³/mol. The second kappa shape index (κ2) is 6.90. The fraction of sp³-hybridized carbons (Fsp3) is 0. The standard InChI is InChI=1S/C14H9BrFN3O3/c15-12-6-9(4-5-13(12)16)8-17-18-14(20)10-2-1-3-11(7-10)19(21)22/h1-8H,(H,18,20). The van der Waals surface area contributed by atoms with Crippen LogP contribution in [0.15, 0.2) is 52.0 Å². The van der Waals surface area contributed by atoms with E-state index in [-0.39, 0.29) is 15.7 Å². The van der Waals surface area contributed by atoms with Gasteiger partial charge in [0.05, 0.1) is 15.6 Å². The van der Waals surface area contributed by atoms with E-state index in [0.29, 0.717) is 5.56 Å². The zero-order valence-corrected chi connectivity index (χ0v) is 12.6. The van der Waals surface area contributed by atoms with Crippen LogP contribution in [-0.4, -0.2) is 17.0 Å². The molecule has 22 heavy (non-hydrogen) atoms. The quantitative estimate of drug-likeness (QED) is 0.512. The molecule has 0 aliphatic carbocycles. The Morgan fingerprint density at radius 3 is 2.77 bits per heavy atom. The monoisotopic (exact) mass is 365 g/mol. The van der Waals surface area contributed by atoms with Crippen LogP contribution in [-0.2, 0) is 0 Å². The first-order chi connectivity index (χ1) is 10.5. The molecule has 0 heterocycles. The van der Waals surface area contributed by atoms with Crippen molar-refractivity contribution in [3.63, 3.8) is 0 Å². The number of nitrogens with one attached hydrogen (secondary N) is 1. The first-order valence-electron chi connectivity index (χ1n) is 6.00. The first kappa shape index (κ1) is 15.8. The molecule has 8 heteroatoms. The van der Waals surface area contributed by atoms with Gasteiger partial charge in [0.1, 0.15) is 5.82 Å². The Bertz CT molecular complexity index is 765. The van der Waals surface area contributed by atoms with Crippen LogP contribution in [0.2, 0.25) is 0 Å². The van der Waals surface area contributed by atoms with Crippen molar-refractivity contribution >= 4 is 33.7 Å². The van der Waals surface area contributed by atoms with Crippen LogP contribution >= 0.6 is 15.9 Å². The highest BCUT2D eigenvalue weighted by Gasteiger charge is 2.10. The number of nitro benzene ring substituents is 1. The Kier molecular flexibility index (Phi) is 4.95. The number of non-ortho nitro benzene ring substituents is 1. The number of nitrogens with zero attached hydrogens (tertiary/aromatic N) is 2. The molecule has 1 amide bonds. The number of nitro groups is 1. The average Bonchev–Trinajstić information content (AvgIpc) is 2.51. The van der Waals surface area contributed by atoms with Crippen molar-refractivity contribution in [2.75, 3.05) is 0 Å². The van der Waals surface area contributed by atoms with E-state index in [1.165, 1.54) is 42.6 Å². The van der Waals surface area contributed by atoms with Gasteiger partial charge in [0.2, 0.25) is 0 Å². The maximum atomic E-state index is 13.1. The summed E-state index contributed by atoms with van der Waals surface area (Å²) in [5.41, 5.74) is 2.76. The smallest absolute Gasteiger partial charge is 0.267 e. The van der Waals surface area contributed by atoms with E-state index in [9.17, 15) is 19.3 Å². The van der Waals surface area contributed by atoms with Crippen molar-refractivity contribution in [3.8, 4) is 0 Å². The number of benzene rings is 2.